The molecule has 0 heterocycles. The highest BCUT2D eigenvalue weighted by atomic mass is 19.1. The molecule has 1 N–H and O–H groups in total. The normalized spacial score (nSPS) is 33.7. The molecule has 0 amide bonds. The summed E-state index contributed by atoms with van der Waals surface area (Å²) in [4.78, 5) is 0. The van der Waals surface area contributed by atoms with Gasteiger partial charge in [0.2, 0.25) is 0 Å². The molecule has 2 atom stereocenters. The lowest BCUT2D eigenvalue weighted by Gasteiger charge is -2.22. The molecule has 10 heavy (non-hydrogen) atoms. The maximum absolute atomic E-state index is 12.9. The van der Waals surface area contributed by atoms with Crippen molar-refractivity contribution in [2.45, 2.75) is 25.9 Å². The highest BCUT2D eigenvalue weighted by Crippen LogP contribution is 2.25. The molecule has 1 aliphatic rings. The van der Waals surface area contributed by atoms with Crippen LogP contribution in [-0.4, -0.2) is 17.9 Å². The van der Waals surface area contributed by atoms with Crippen LogP contribution in [0.5, 0.6) is 0 Å². The van der Waals surface area contributed by atoms with E-state index in [9.17, 15) is 4.39 Å². The summed E-state index contributed by atoms with van der Waals surface area (Å²) in [6.07, 6.45) is 2.39. The Balaban J connectivity index is 2.52. The maximum Gasteiger partial charge on any atom is 0.109 e. The van der Waals surface area contributed by atoms with Crippen LogP contribution in [0.1, 0.15) is 19.8 Å². The first-order valence-corrected chi connectivity index (χ1v) is 3.64. The minimum absolute atomic E-state index is 0.0229. The second kappa shape index (κ2) is 3.15. The third kappa shape index (κ3) is 1.57. The quantitative estimate of drug-likeness (QED) is 0.555. The number of aliphatic hydroxyl groups is 1. The molecule has 0 bridgehead atoms. The molecule has 1 nitrogen and oxygen atoms in total. The summed E-state index contributed by atoms with van der Waals surface area (Å²) >= 11 is 0. The van der Waals surface area contributed by atoms with Gasteiger partial charge in [-0.15, -0.1) is 0 Å². The largest absolute Gasteiger partial charge is 0.396 e. The first kappa shape index (κ1) is 7.73. The summed E-state index contributed by atoms with van der Waals surface area (Å²) in [5, 5.41) is 8.68. The third-order valence-electron chi connectivity index (χ3n) is 2.03. The minimum atomic E-state index is -0.824. The second-order valence-corrected chi connectivity index (χ2v) is 2.95. The Kier molecular flexibility index (Phi) is 2.44. The molecule has 1 aliphatic carbocycles. The molecule has 0 radical (unpaired) electrons. The van der Waals surface area contributed by atoms with Gasteiger partial charge >= 0.3 is 0 Å². The summed E-state index contributed by atoms with van der Waals surface area (Å²) in [7, 11) is 0. The lowest BCUT2D eigenvalue weighted by Crippen LogP contribution is -2.22. The van der Waals surface area contributed by atoms with Crippen LogP contribution in [0.2, 0.25) is 0 Å². The molecule has 0 fully saturated rings. The fourth-order valence-electron chi connectivity index (χ4n) is 1.25. The van der Waals surface area contributed by atoms with Crippen LogP contribution in [0, 0.1) is 5.92 Å². The summed E-state index contributed by atoms with van der Waals surface area (Å²) in [6.45, 7) is 1.91. The van der Waals surface area contributed by atoms with Crippen molar-refractivity contribution in [1.82, 2.24) is 0 Å². The Bertz CT molecular complexity index is 142. The van der Waals surface area contributed by atoms with E-state index in [-0.39, 0.29) is 12.5 Å². The van der Waals surface area contributed by atoms with Gasteiger partial charge in [0.1, 0.15) is 6.17 Å². The van der Waals surface area contributed by atoms with Gasteiger partial charge in [-0.1, -0.05) is 11.6 Å². The van der Waals surface area contributed by atoms with E-state index >= 15 is 0 Å². The number of allylic oxidation sites excluding steroid dienone is 2. The molecule has 2 heteroatoms. The molecule has 0 aromatic heterocycles. The molecule has 58 valence electrons. The molecule has 0 aliphatic heterocycles. The third-order valence-corrected chi connectivity index (χ3v) is 2.03. The molecular weight excluding hydrogens is 131 g/mol. The Hall–Kier alpha value is -0.370. The van der Waals surface area contributed by atoms with Gasteiger partial charge in [0.15, 0.2) is 0 Å². The SMILES string of the molecule is CC1=CCC(CO)C(F)C1. The van der Waals surface area contributed by atoms with Crippen molar-refractivity contribution >= 4 is 0 Å². The monoisotopic (exact) mass is 144 g/mol. The van der Waals surface area contributed by atoms with Crippen LogP contribution < -0.4 is 0 Å². The van der Waals surface area contributed by atoms with Gasteiger partial charge in [0.05, 0.1) is 0 Å². The molecule has 0 aromatic carbocycles. The number of aliphatic hydroxyl groups excluding tert-OH is 1. The van der Waals surface area contributed by atoms with Gasteiger partial charge in [-0.25, -0.2) is 4.39 Å². The molecule has 1 rings (SSSR count). The van der Waals surface area contributed by atoms with Gasteiger partial charge in [-0.05, 0) is 19.8 Å². The number of halogens is 1. The fourth-order valence-corrected chi connectivity index (χ4v) is 1.25. The summed E-state index contributed by atoms with van der Waals surface area (Å²) in [5.41, 5.74) is 1.11. The lowest BCUT2D eigenvalue weighted by atomic mass is 9.89. The van der Waals surface area contributed by atoms with E-state index in [1.165, 1.54) is 0 Å². The van der Waals surface area contributed by atoms with Crippen LogP contribution in [0.4, 0.5) is 4.39 Å². The van der Waals surface area contributed by atoms with Crippen LogP contribution in [0.15, 0.2) is 11.6 Å². The first-order valence-electron chi connectivity index (χ1n) is 3.64. The lowest BCUT2D eigenvalue weighted by molar-refractivity contribution is 0.134. The van der Waals surface area contributed by atoms with Crippen LogP contribution in [-0.2, 0) is 0 Å². The molecule has 0 spiro atoms. The zero-order valence-corrected chi connectivity index (χ0v) is 6.18. The van der Waals surface area contributed by atoms with Crippen LogP contribution in [0.25, 0.3) is 0 Å². The molecule has 0 aromatic rings. The number of alkyl halides is 1. The smallest absolute Gasteiger partial charge is 0.109 e. The van der Waals surface area contributed by atoms with Crippen molar-refractivity contribution in [3.8, 4) is 0 Å². The Morgan fingerprint density at radius 2 is 2.50 bits per heavy atom. The van der Waals surface area contributed by atoms with Crippen LogP contribution in [0.3, 0.4) is 0 Å². The molecular formula is C8H13FO. The predicted octanol–water partition coefficient (Wildman–Crippen LogP) is 1.67. The summed E-state index contributed by atoms with van der Waals surface area (Å²) in [6, 6.07) is 0. The molecule has 2 unspecified atom stereocenters. The van der Waals surface area contributed by atoms with E-state index in [1.807, 2.05) is 13.0 Å². The average molecular weight is 144 g/mol. The Labute approximate surface area is 60.6 Å². The maximum atomic E-state index is 12.9. The Morgan fingerprint density at radius 1 is 1.80 bits per heavy atom. The topological polar surface area (TPSA) is 20.2 Å². The van der Waals surface area contributed by atoms with Crippen molar-refractivity contribution in [3.63, 3.8) is 0 Å². The summed E-state index contributed by atoms with van der Waals surface area (Å²) in [5.74, 6) is -0.149. The van der Waals surface area contributed by atoms with Crippen molar-refractivity contribution in [1.29, 1.82) is 0 Å². The standard InChI is InChI=1S/C8H13FO/c1-6-2-3-7(5-10)8(9)4-6/h2,7-8,10H,3-5H2,1H3. The van der Waals surface area contributed by atoms with Crippen molar-refractivity contribution in [2.75, 3.05) is 6.61 Å². The van der Waals surface area contributed by atoms with Crippen LogP contribution >= 0.6 is 0 Å². The van der Waals surface area contributed by atoms with Crippen molar-refractivity contribution in [3.05, 3.63) is 11.6 Å². The van der Waals surface area contributed by atoms with E-state index in [0.29, 0.717) is 12.8 Å². The molecule has 0 saturated carbocycles. The highest BCUT2D eigenvalue weighted by molar-refractivity contribution is 5.06. The minimum Gasteiger partial charge on any atom is -0.396 e. The van der Waals surface area contributed by atoms with E-state index in [1.54, 1.807) is 0 Å². The average Bonchev–Trinajstić information content (AvgIpc) is 1.88. The number of hydrogen-bond acceptors (Lipinski definition) is 1. The van der Waals surface area contributed by atoms with Gasteiger partial charge < -0.3 is 5.11 Å². The first-order chi connectivity index (χ1) is 4.74. The fraction of sp³-hybridized carbons (Fsp3) is 0.750. The van der Waals surface area contributed by atoms with E-state index in [0.717, 1.165) is 5.57 Å². The Morgan fingerprint density at radius 3 is 3.00 bits per heavy atom. The predicted molar refractivity (Wildman–Crippen MR) is 38.5 cm³/mol. The van der Waals surface area contributed by atoms with Gasteiger partial charge in [0.25, 0.3) is 0 Å². The zero-order valence-electron chi connectivity index (χ0n) is 6.18. The van der Waals surface area contributed by atoms with Gasteiger partial charge in [-0.3, -0.25) is 0 Å². The second-order valence-electron chi connectivity index (χ2n) is 2.95. The molecule has 0 saturated heterocycles. The van der Waals surface area contributed by atoms with E-state index in [4.69, 9.17) is 5.11 Å². The van der Waals surface area contributed by atoms with Gasteiger partial charge in [-0.2, -0.15) is 0 Å². The number of rotatable bonds is 1. The van der Waals surface area contributed by atoms with Crippen molar-refractivity contribution in [2.24, 2.45) is 5.92 Å². The van der Waals surface area contributed by atoms with Crippen molar-refractivity contribution < 1.29 is 9.50 Å². The number of hydrogen-bond donors (Lipinski definition) is 1. The van der Waals surface area contributed by atoms with Gasteiger partial charge in [0, 0.05) is 12.5 Å². The van der Waals surface area contributed by atoms with E-state index in [2.05, 4.69) is 0 Å². The summed E-state index contributed by atoms with van der Waals surface area (Å²) < 4.78 is 12.9. The highest BCUT2D eigenvalue weighted by Gasteiger charge is 2.22. The van der Waals surface area contributed by atoms with E-state index < -0.39 is 6.17 Å². The zero-order chi connectivity index (χ0) is 7.56.